The number of benzene rings is 2. The number of aliphatic imine (C=N–C) groups is 1. The van der Waals surface area contributed by atoms with Gasteiger partial charge in [-0.3, -0.25) is 9.59 Å². The van der Waals surface area contributed by atoms with Crippen molar-refractivity contribution in [3.05, 3.63) is 82.6 Å². The molecule has 3 heterocycles. The largest absolute Gasteiger partial charge is 0.497 e. The molecule has 2 amide bonds. The average Bonchev–Trinajstić information content (AvgIpc) is 3.60. The van der Waals surface area contributed by atoms with Crippen LogP contribution >= 0.6 is 23.1 Å². The van der Waals surface area contributed by atoms with E-state index in [1.54, 1.807) is 42.7 Å². The van der Waals surface area contributed by atoms with Crippen LogP contribution in [0.5, 0.6) is 5.75 Å². The summed E-state index contributed by atoms with van der Waals surface area (Å²) in [5, 5.41) is 11.5. The topological polar surface area (TPSA) is 83.4 Å². The second kappa shape index (κ2) is 9.82. The molecule has 0 unspecified atom stereocenters. The van der Waals surface area contributed by atoms with Crippen molar-refractivity contribution in [1.29, 1.82) is 0 Å². The van der Waals surface area contributed by atoms with Gasteiger partial charge in [0.05, 0.1) is 23.7 Å². The molecule has 0 fully saturated rings. The summed E-state index contributed by atoms with van der Waals surface area (Å²) in [6, 6.07) is 21.2. The van der Waals surface area contributed by atoms with Gasteiger partial charge in [-0.25, -0.2) is 5.01 Å². The third-order valence-corrected chi connectivity index (χ3v) is 7.61. The number of nitrogens with zero attached hydrogens (tertiary/aromatic N) is 3. The SMILES string of the molecule is COc1cccc(NC(=O)C[C@H]2SC(N3N=C(c4cccs4)C[C@H]3c3ccccc3)=NC2=O)c1. The van der Waals surface area contributed by atoms with E-state index in [1.807, 2.05) is 34.7 Å². The molecule has 7 nitrogen and oxygen atoms in total. The molecule has 0 bridgehead atoms. The normalized spacial score (nSPS) is 19.7. The van der Waals surface area contributed by atoms with Crippen LogP contribution in [0.15, 0.2) is 82.2 Å². The lowest BCUT2D eigenvalue weighted by Gasteiger charge is -2.23. The van der Waals surface area contributed by atoms with Crippen LogP contribution < -0.4 is 10.1 Å². The maximum atomic E-state index is 12.7. The second-order valence-electron chi connectivity index (χ2n) is 7.82. The fourth-order valence-corrected chi connectivity index (χ4v) is 5.68. The molecule has 0 spiro atoms. The second-order valence-corrected chi connectivity index (χ2v) is 9.94. The lowest BCUT2D eigenvalue weighted by atomic mass is 10.0. The standard InChI is InChI=1S/C25H22N4O3S2/c1-32-18-10-5-9-17(13-18)26-23(30)15-22-24(31)27-25(34-22)29-20(16-7-3-2-4-8-16)14-19(28-29)21-11-6-12-33-21/h2-13,20,22H,14-15H2,1H3,(H,26,30)/t20-,22+/m0/s1. The zero-order valence-corrected chi connectivity index (χ0v) is 20.0. The maximum absolute atomic E-state index is 12.7. The summed E-state index contributed by atoms with van der Waals surface area (Å²) in [5.41, 5.74) is 2.70. The van der Waals surface area contributed by atoms with Crippen LogP contribution in [0.25, 0.3) is 0 Å². The number of carbonyl (C=O) groups excluding carboxylic acids is 2. The first kappa shape index (κ1) is 22.4. The van der Waals surface area contributed by atoms with Gasteiger partial charge in [0.25, 0.3) is 5.91 Å². The monoisotopic (exact) mass is 490 g/mol. The number of carbonyl (C=O) groups is 2. The number of hydrogen-bond acceptors (Lipinski definition) is 7. The van der Waals surface area contributed by atoms with Crippen LogP contribution in [-0.2, 0) is 9.59 Å². The summed E-state index contributed by atoms with van der Waals surface area (Å²) >= 11 is 2.94. The van der Waals surface area contributed by atoms with E-state index in [-0.39, 0.29) is 24.3 Å². The molecule has 2 aromatic carbocycles. The molecule has 2 atom stereocenters. The highest BCUT2D eigenvalue weighted by Crippen LogP contribution is 2.39. The summed E-state index contributed by atoms with van der Waals surface area (Å²) in [5.74, 6) is 0.0851. The van der Waals surface area contributed by atoms with Crippen LogP contribution in [0.3, 0.4) is 0 Å². The number of nitrogens with one attached hydrogen (secondary N) is 1. The molecular weight excluding hydrogens is 468 g/mol. The highest BCUT2D eigenvalue weighted by atomic mass is 32.2. The van der Waals surface area contributed by atoms with Gasteiger partial charge >= 0.3 is 0 Å². The molecule has 172 valence electrons. The van der Waals surface area contributed by atoms with Crippen molar-refractivity contribution in [3.63, 3.8) is 0 Å². The predicted molar refractivity (Wildman–Crippen MR) is 137 cm³/mol. The highest BCUT2D eigenvalue weighted by molar-refractivity contribution is 8.15. The zero-order chi connectivity index (χ0) is 23.5. The Labute approximate surface area is 205 Å². The van der Waals surface area contributed by atoms with E-state index in [1.165, 1.54) is 11.8 Å². The molecule has 2 aliphatic rings. The van der Waals surface area contributed by atoms with Crippen molar-refractivity contribution in [2.45, 2.75) is 24.1 Å². The summed E-state index contributed by atoms with van der Waals surface area (Å²) in [7, 11) is 1.57. The summed E-state index contributed by atoms with van der Waals surface area (Å²) in [6.07, 6.45) is 0.748. The van der Waals surface area contributed by atoms with Crippen LogP contribution in [0.2, 0.25) is 0 Å². The third kappa shape index (κ3) is 4.76. The molecular formula is C25H22N4O3S2. The molecule has 1 aromatic heterocycles. The lowest BCUT2D eigenvalue weighted by Crippen LogP contribution is -2.25. The number of amides is 2. The van der Waals surface area contributed by atoms with Crippen molar-refractivity contribution in [3.8, 4) is 5.75 Å². The molecule has 34 heavy (non-hydrogen) atoms. The van der Waals surface area contributed by atoms with Crippen molar-refractivity contribution in [2.75, 3.05) is 12.4 Å². The van der Waals surface area contributed by atoms with Gasteiger partial charge < -0.3 is 10.1 Å². The van der Waals surface area contributed by atoms with Crippen LogP contribution in [0, 0.1) is 0 Å². The molecule has 0 aliphatic carbocycles. The molecule has 1 N–H and O–H groups in total. The Morgan fingerprint density at radius 3 is 2.76 bits per heavy atom. The minimum absolute atomic E-state index is 0.0268. The Balaban J connectivity index is 1.31. The van der Waals surface area contributed by atoms with E-state index in [9.17, 15) is 9.59 Å². The molecule has 0 radical (unpaired) electrons. The highest BCUT2D eigenvalue weighted by Gasteiger charge is 2.39. The molecule has 3 aromatic rings. The van der Waals surface area contributed by atoms with Crippen molar-refractivity contribution >= 4 is 51.5 Å². The van der Waals surface area contributed by atoms with E-state index in [2.05, 4.69) is 28.5 Å². The Morgan fingerprint density at radius 2 is 2.00 bits per heavy atom. The zero-order valence-electron chi connectivity index (χ0n) is 18.4. The van der Waals surface area contributed by atoms with Gasteiger partial charge in [0.2, 0.25) is 5.91 Å². The molecule has 5 rings (SSSR count). The first-order valence-corrected chi connectivity index (χ1v) is 12.6. The van der Waals surface area contributed by atoms with E-state index >= 15 is 0 Å². The molecule has 9 heteroatoms. The summed E-state index contributed by atoms with van der Waals surface area (Å²) in [6.45, 7) is 0. The first-order valence-electron chi connectivity index (χ1n) is 10.8. The molecule has 2 aliphatic heterocycles. The first-order chi connectivity index (χ1) is 16.6. The van der Waals surface area contributed by atoms with Crippen LogP contribution in [0.4, 0.5) is 5.69 Å². The number of hydrazone groups is 1. The van der Waals surface area contributed by atoms with E-state index in [0.29, 0.717) is 16.6 Å². The fourth-order valence-electron chi connectivity index (χ4n) is 3.90. The third-order valence-electron chi connectivity index (χ3n) is 5.55. The lowest BCUT2D eigenvalue weighted by molar-refractivity contribution is -0.121. The number of thiophene rings is 1. The van der Waals surface area contributed by atoms with E-state index in [4.69, 9.17) is 9.84 Å². The number of anilines is 1. The Morgan fingerprint density at radius 1 is 1.15 bits per heavy atom. The number of rotatable bonds is 6. The minimum Gasteiger partial charge on any atom is -0.497 e. The predicted octanol–water partition coefficient (Wildman–Crippen LogP) is 4.93. The number of thioether (sulfide) groups is 1. The molecule has 0 saturated carbocycles. The summed E-state index contributed by atoms with van der Waals surface area (Å²) in [4.78, 5) is 30.7. The Kier molecular flexibility index (Phi) is 6.46. The average molecular weight is 491 g/mol. The Bertz CT molecular complexity index is 1260. The molecule has 0 saturated heterocycles. The Hall–Kier alpha value is -3.43. The van der Waals surface area contributed by atoms with Gasteiger partial charge in [0.1, 0.15) is 11.0 Å². The van der Waals surface area contributed by atoms with Gasteiger partial charge in [0.15, 0.2) is 5.17 Å². The van der Waals surface area contributed by atoms with Gasteiger partial charge in [0, 0.05) is 24.6 Å². The van der Waals surface area contributed by atoms with Crippen LogP contribution in [-0.4, -0.2) is 40.1 Å². The van der Waals surface area contributed by atoms with Gasteiger partial charge in [-0.2, -0.15) is 10.1 Å². The van der Waals surface area contributed by atoms with Gasteiger partial charge in [-0.05, 0) is 29.1 Å². The van der Waals surface area contributed by atoms with Crippen LogP contribution in [0.1, 0.15) is 29.3 Å². The van der Waals surface area contributed by atoms with Gasteiger partial charge in [-0.1, -0.05) is 54.2 Å². The van der Waals surface area contributed by atoms with Crippen molar-refractivity contribution < 1.29 is 14.3 Å². The number of amidine groups is 1. The maximum Gasteiger partial charge on any atom is 0.262 e. The fraction of sp³-hybridized carbons (Fsp3) is 0.200. The van der Waals surface area contributed by atoms with Gasteiger partial charge in [-0.15, -0.1) is 11.3 Å². The number of ether oxygens (including phenoxy) is 1. The quantitative estimate of drug-likeness (QED) is 0.530. The summed E-state index contributed by atoms with van der Waals surface area (Å²) < 4.78 is 5.19. The smallest absolute Gasteiger partial charge is 0.262 e. The number of methoxy groups -OCH3 is 1. The van der Waals surface area contributed by atoms with E-state index < -0.39 is 5.25 Å². The van der Waals surface area contributed by atoms with Crippen molar-refractivity contribution in [2.24, 2.45) is 10.1 Å². The van der Waals surface area contributed by atoms with E-state index in [0.717, 1.165) is 22.6 Å². The van der Waals surface area contributed by atoms with Crippen molar-refractivity contribution in [1.82, 2.24) is 5.01 Å². The minimum atomic E-state index is -0.585. The number of hydrogen-bond donors (Lipinski definition) is 1.